The Morgan fingerprint density at radius 3 is 2.11 bits per heavy atom. The Kier molecular flexibility index (Phi) is 4.71. The van der Waals surface area contributed by atoms with E-state index in [4.69, 9.17) is 9.47 Å². The third-order valence-electron chi connectivity index (χ3n) is 12.5. The van der Waals surface area contributed by atoms with Gasteiger partial charge in [-0.15, -0.1) is 0 Å². The number of methoxy groups -OCH3 is 1. The summed E-state index contributed by atoms with van der Waals surface area (Å²) in [6.45, 7) is 16.1. The first-order chi connectivity index (χ1) is 20.8. The van der Waals surface area contributed by atoms with E-state index < -0.39 is 16.6 Å². The van der Waals surface area contributed by atoms with Crippen LogP contribution in [0.15, 0.2) is 78.9 Å². The third-order valence-corrected chi connectivity index (χ3v) is 12.5. The molecule has 5 atom stereocenters. The fraction of sp³-hybridized carbons (Fsp3) is 0.366. The molecular formula is C41H40O3. The number of ether oxygens (including phenoxy) is 2. The van der Waals surface area contributed by atoms with Crippen molar-refractivity contribution in [1.29, 1.82) is 0 Å². The van der Waals surface area contributed by atoms with E-state index in [-0.39, 0.29) is 22.9 Å². The highest BCUT2D eigenvalue weighted by molar-refractivity contribution is 6.19. The van der Waals surface area contributed by atoms with Crippen molar-refractivity contribution in [2.24, 2.45) is 0 Å². The van der Waals surface area contributed by atoms with Gasteiger partial charge in [-0.1, -0.05) is 107 Å². The van der Waals surface area contributed by atoms with E-state index in [0.717, 1.165) is 11.3 Å². The molecule has 0 aromatic heterocycles. The number of hydrogen-bond donors (Lipinski definition) is 1. The smallest absolute Gasteiger partial charge is 0.186 e. The van der Waals surface area contributed by atoms with Gasteiger partial charge >= 0.3 is 0 Å². The van der Waals surface area contributed by atoms with Gasteiger partial charge < -0.3 is 14.6 Å². The molecule has 4 aliphatic rings. The highest BCUT2D eigenvalue weighted by Crippen LogP contribution is 2.79. The molecule has 0 amide bonds. The van der Waals surface area contributed by atoms with E-state index in [0.29, 0.717) is 0 Å². The Labute approximate surface area is 259 Å². The van der Waals surface area contributed by atoms with Crippen LogP contribution < -0.4 is 4.74 Å². The number of fused-ring (bicyclic) bond motifs is 17. The van der Waals surface area contributed by atoms with Crippen molar-refractivity contribution < 1.29 is 14.6 Å². The SMILES string of the molecule is COC1(O)C2(C)c3ccc4c(c3-c3c(c5cccc(C(C)(C)C)c5c5ccccc35)C12C)C1Oc2ccccc2C1C4(C)C. The summed E-state index contributed by atoms with van der Waals surface area (Å²) in [7, 11) is 1.67. The molecule has 0 spiro atoms. The van der Waals surface area contributed by atoms with Crippen LogP contribution in [0.25, 0.3) is 32.7 Å². The van der Waals surface area contributed by atoms with Crippen LogP contribution in [0, 0.1) is 0 Å². The number of rotatable bonds is 1. The first kappa shape index (κ1) is 26.7. The number of para-hydroxylation sites is 1. The van der Waals surface area contributed by atoms with Crippen molar-refractivity contribution in [2.45, 2.75) is 87.9 Å². The number of aliphatic hydroxyl groups is 1. The summed E-state index contributed by atoms with van der Waals surface area (Å²) in [5.74, 6) is -0.164. The van der Waals surface area contributed by atoms with Crippen molar-refractivity contribution in [3.63, 3.8) is 0 Å². The standard InChI is InChI=1S/C41H40O3/c1-37(2,3)26-18-13-17-25-30(26)22-14-9-10-15-23(22)31-32-28(39(6)40(7,34(25)31)41(39,42)43-8)21-20-27-33(32)36-35(38(27,4)5)24-16-11-12-19-29(24)44-36/h9-21,35-36,42H,1-8H3. The number of hydrogen-bond acceptors (Lipinski definition) is 3. The second-order valence-corrected chi connectivity index (χ2v) is 15.6. The Bertz CT molecular complexity index is 2120. The molecule has 1 heterocycles. The average Bonchev–Trinajstić information content (AvgIpc) is 3.27. The van der Waals surface area contributed by atoms with E-state index >= 15 is 0 Å². The maximum atomic E-state index is 12.6. The molecule has 0 radical (unpaired) electrons. The molecule has 3 heteroatoms. The average molecular weight is 581 g/mol. The summed E-state index contributed by atoms with van der Waals surface area (Å²) in [5.41, 5.74) is 8.56. The zero-order chi connectivity index (χ0) is 30.8. The van der Waals surface area contributed by atoms with Crippen molar-refractivity contribution in [2.75, 3.05) is 7.11 Å². The lowest BCUT2D eigenvalue weighted by Crippen LogP contribution is -2.25. The quantitative estimate of drug-likeness (QED) is 0.159. The van der Waals surface area contributed by atoms with Gasteiger partial charge in [-0.3, -0.25) is 0 Å². The zero-order valence-electron chi connectivity index (χ0n) is 26.9. The van der Waals surface area contributed by atoms with Crippen LogP contribution in [0.4, 0.5) is 0 Å². The summed E-state index contributed by atoms with van der Waals surface area (Å²) in [4.78, 5) is 0. The van der Waals surface area contributed by atoms with Crippen LogP contribution in [-0.2, 0) is 26.4 Å². The van der Waals surface area contributed by atoms with Crippen LogP contribution >= 0.6 is 0 Å². The van der Waals surface area contributed by atoms with Crippen LogP contribution in [0.2, 0.25) is 0 Å². The first-order valence-corrected chi connectivity index (χ1v) is 16.0. The first-order valence-electron chi connectivity index (χ1n) is 16.0. The Balaban J connectivity index is 1.50. The van der Waals surface area contributed by atoms with Gasteiger partial charge in [0.1, 0.15) is 11.9 Å². The van der Waals surface area contributed by atoms with Gasteiger partial charge in [-0.2, -0.15) is 0 Å². The highest BCUT2D eigenvalue weighted by atomic mass is 16.6. The molecule has 44 heavy (non-hydrogen) atoms. The highest BCUT2D eigenvalue weighted by Gasteiger charge is 2.87. The van der Waals surface area contributed by atoms with Crippen molar-refractivity contribution >= 4 is 21.5 Å². The normalized spacial score (nSPS) is 30.2. The minimum Gasteiger partial charge on any atom is -0.485 e. The van der Waals surface area contributed by atoms with Crippen LogP contribution in [0.3, 0.4) is 0 Å². The molecule has 3 aliphatic carbocycles. The number of benzene rings is 5. The maximum absolute atomic E-state index is 12.6. The topological polar surface area (TPSA) is 38.7 Å². The van der Waals surface area contributed by atoms with Gasteiger partial charge in [0, 0.05) is 29.6 Å². The molecule has 1 aliphatic heterocycles. The van der Waals surface area contributed by atoms with E-state index in [1.165, 1.54) is 60.5 Å². The predicted octanol–water partition coefficient (Wildman–Crippen LogP) is 9.34. The lowest BCUT2D eigenvalue weighted by Gasteiger charge is -2.35. The van der Waals surface area contributed by atoms with E-state index in [1.807, 2.05) is 0 Å². The summed E-state index contributed by atoms with van der Waals surface area (Å²) < 4.78 is 13.1. The van der Waals surface area contributed by atoms with Crippen LogP contribution in [0.1, 0.15) is 93.9 Å². The fourth-order valence-electron chi connectivity index (χ4n) is 10.3. The summed E-state index contributed by atoms with van der Waals surface area (Å²) in [5, 5.41) is 17.6. The molecule has 3 nitrogen and oxygen atoms in total. The van der Waals surface area contributed by atoms with Gasteiger partial charge in [0.25, 0.3) is 0 Å². The molecule has 1 saturated carbocycles. The van der Waals surface area contributed by atoms with Gasteiger partial charge in [0.2, 0.25) is 0 Å². The van der Waals surface area contributed by atoms with E-state index in [2.05, 4.69) is 127 Å². The Morgan fingerprint density at radius 1 is 0.727 bits per heavy atom. The molecule has 5 unspecified atom stereocenters. The van der Waals surface area contributed by atoms with Crippen molar-refractivity contribution in [3.05, 3.63) is 112 Å². The minimum absolute atomic E-state index is 0.0592. The van der Waals surface area contributed by atoms with Crippen LogP contribution in [0.5, 0.6) is 5.75 Å². The second-order valence-electron chi connectivity index (χ2n) is 15.6. The van der Waals surface area contributed by atoms with Gasteiger partial charge in [-0.05, 0) is 80.3 Å². The zero-order valence-corrected chi connectivity index (χ0v) is 26.9. The summed E-state index contributed by atoms with van der Waals surface area (Å²) >= 11 is 0. The lowest BCUT2D eigenvalue weighted by molar-refractivity contribution is -0.129. The molecule has 0 saturated heterocycles. The molecule has 1 fully saturated rings. The third kappa shape index (κ3) is 2.60. The molecular weight excluding hydrogens is 540 g/mol. The molecule has 0 bridgehead atoms. The lowest BCUT2D eigenvalue weighted by atomic mass is 9.67. The minimum atomic E-state index is -1.37. The molecule has 5 aromatic rings. The maximum Gasteiger partial charge on any atom is 0.186 e. The molecule has 5 aromatic carbocycles. The Morgan fingerprint density at radius 2 is 1.39 bits per heavy atom. The van der Waals surface area contributed by atoms with Gasteiger partial charge in [0.15, 0.2) is 5.79 Å². The Hall–Kier alpha value is -3.66. The van der Waals surface area contributed by atoms with Gasteiger partial charge in [-0.25, -0.2) is 0 Å². The van der Waals surface area contributed by atoms with Crippen molar-refractivity contribution in [3.8, 4) is 16.9 Å². The van der Waals surface area contributed by atoms with Crippen LogP contribution in [-0.4, -0.2) is 18.0 Å². The molecule has 9 rings (SSSR count). The summed E-state index contributed by atoms with van der Waals surface area (Å²) in [6, 6.07) is 28.9. The molecule has 1 N–H and O–H groups in total. The monoisotopic (exact) mass is 580 g/mol. The van der Waals surface area contributed by atoms with Crippen molar-refractivity contribution in [1.82, 2.24) is 0 Å². The van der Waals surface area contributed by atoms with E-state index in [9.17, 15) is 5.11 Å². The largest absolute Gasteiger partial charge is 0.485 e. The fourth-order valence-corrected chi connectivity index (χ4v) is 10.3. The predicted molar refractivity (Wildman–Crippen MR) is 178 cm³/mol. The van der Waals surface area contributed by atoms with E-state index in [1.54, 1.807) is 7.11 Å². The van der Waals surface area contributed by atoms with Gasteiger partial charge in [0.05, 0.1) is 10.8 Å². The second kappa shape index (κ2) is 7.76. The summed E-state index contributed by atoms with van der Waals surface area (Å²) in [6.07, 6.45) is -0.0992. The molecule has 222 valence electrons.